The zero-order chi connectivity index (χ0) is 12.3. The van der Waals surface area contributed by atoms with Crippen molar-refractivity contribution in [3.8, 4) is 0 Å². The highest BCUT2D eigenvalue weighted by atomic mass is 32.1. The fourth-order valence-electron chi connectivity index (χ4n) is 2.19. The lowest BCUT2D eigenvalue weighted by Gasteiger charge is -2.18. The lowest BCUT2D eigenvalue weighted by Crippen LogP contribution is -2.26. The molecular weight excluding hydrogens is 230 g/mol. The van der Waals surface area contributed by atoms with E-state index in [1.54, 1.807) is 11.3 Å². The van der Waals surface area contributed by atoms with Crippen LogP contribution in [0.15, 0.2) is 5.38 Å². The Morgan fingerprint density at radius 3 is 3.00 bits per heavy atom. The summed E-state index contributed by atoms with van der Waals surface area (Å²) < 4.78 is 0. The van der Waals surface area contributed by atoms with Gasteiger partial charge in [-0.3, -0.25) is 4.90 Å². The van der Waals surface area contributed by atoms with Crippen LogP contribution in [0, 0.1) is 0 Å². The van der Waals surface area contributed by atoms with Gasteiger partial charge < -0.3 is 5.73 Å². The molecule has 1 aromatic rings. The molecule has 0 aromatic carbocycles. The Kier molecular flexibility index (Phi) is 4.54. The maximum absolute atomic E-state index is 5.99. The molecular formula is C13H23N3S. The van der Waals surface area contributed by atoms with E-state index in [1.165, 1.54) is 30.1 Å². The maximum Gasteiger partial charge on any atom is 0.107 e. The predicted molar refractivity (Wildman–Crippen MR) is 73.3 cm³/mol. The number of aromatic nitrogens is 1. The number of hydrogen-bond donors (Lipinski definition) is 1. The summed E-state index contributed by atoms with van der Waals surface area (Å²) in [6, 6.07) is 0.405. The summed E-state index contributed by atoms with van der Waals surface area (Å²) in [6.07, 6.45) is 3.53. The molecule has 1 aliphatic rings. The second kappa shape index (κ2) is 5.94. The average Bonchev–Trinajstić information content (AvgIpc) is 2.65. The Labute approximate surface area is 108 Å². The first-order valence-corrected chi connectivity index (χ1v) is 7.45. The third-order valence-electron chi connectivity index (χ3n) is 3.39. The van der Waals surface area contributed by atoms with Crippen LogP contribution >= 0.6 is 11.3 Å². The number of rotatable bonds is 3. The van der Waals surface area contributed by atoms with E-state index in [9.17, 15) is 0 Å². The summed E-state index contributed by atoms with van der Waals surface area (Å²) >= 11 is 1.80. The summed E-state index contributed by atoms with van der Waals surface area (Å²) in [4.78, 5) is 7.19. The van der Waals surface area contributed by atoms with Crippen molar-refractivity contribution < 1.29 is 0 Å². The predicted octanol–water partition coefficient (Wildman–Crippen LogP) is 2.58. The first-order chi connectivity index (χ1) is 8.15. The maximum atomic E-state index is 5.99. The highest BCUT2D eigenvalue weighted by molar-refractivity contribution is 7.09. The quantitative estimate of drug-likeness (QED) is 0.900. The van der Waals surface area contributed by atoms with Gasteiger partial charge in [0.15, 0.2) is 0 Å². The Morgan fingerprint density at radius 2 is 2.29 bits per heavy atom. The van der Waals surface area contributed by atoms with Crippen molar-refractivity contribution in [3.05, 3.63) is 16.1 Å². The molecule has 0 amide bonds. The highest BCUT2D eigenvalue weighted by Gasteiger charge is 2.15. The van der Waals surface area contributed by atoms with Crippen molar-refractivity contribution in [1.29, 1.82) is 0 Å². The topological polar surface area (TPSA) is 42.1 Å². The van der Waals surface area contributed by atoms with Crippen LogP contribution in [0.3, 0.4) is 0 Å². The molecule has 0 unspecified atom stereocenters. The van der Waals surface area contributed by atoms with Gasteiger partial charge in [0.2, 0.25) is 0 Å². The molecule has 4 heteroatoms. The highest BCUT2D eigenvalue weighted by Crippen LogP contribution is 2.20. The van der Waals surface area contributed by atoms with Gasteiger partial charge in [-0.15, -0.1) is 11.3 Å². The Bertz CT molecular complexity index is 348. The van der Waals surface area contributed by atoms with E-state index < -0.39 is 0 Å². The van der Waals surface area contributed by atoms with E-state index in [-0.39, 0.29) is 0 Å². The van der Waals surface area contributed by atoms with Gasteiger partial charge in [0, 0.05) is 18.0 Å². The number of thiazole rings is 1. The van der Waals surface area contributed by atoms with E-state index >= 15 is 0 Å². The molecule has 0 bridgehead atoms. The lowest BCUT2D eigenvalue weighted by atomic mass is 10.1. The third kappa shape index (κ3) is 3.76. The summed E-state index contributed by atoms with van der Waals surface area (Å²) in [5.74, 6) is 0.539. The van der Waals surface area contributed by atoms with Gasteiger partial charge in [0.05, 0.1) is 12.2 Å². The fraction of sp³-hybridized carbons (Fsp3) is 0.769. The zero-order valence-electron chi connectivity index (χ0n) is 10.9. The second-order valence-corrected chi connectivity index (χ2v) is 6.23. The minimum absolute atomic E-state index is 0.405. The summed E-state index contributed by atoms with van der Waals surface area (Å²) in [5.41, 5.74) is 7.23. The van der Waals surface area contributed by atoms with E-state index in [1.807, 2.05) is 0 Å². The van der Waals surface area contributed by atoms with E-state index in [2.05, 4.69) is 24.1 Å². The smallest absolute Gasteiger partial charge is 0.107 e. The molecule has 3 nitrogen and oxygen atoms in total. The molecule has 0 spiro atoms. The van der Waals surface area contributed by atoms with Crippen LogP contribution in [-0.4, -0.2) is 29.0 Å². The number of likely N-dealkylation sites (tertiary alicyclic amines) is 1. The van der Waals surface area contributed by atoms with Gasteiger partial charge >= 0.3 is 0 Å². The number of nitrogens with zero attached hydrogens (tertiary/aromatic N) is 2. The first kappa shape index (κ1) is 13.0. The van der Waals surface area contributed by atoms with Gasteiger partial charge in [0.25, 0.3) is 0 Å². The van der Waals surface area contributed by atoms with E-state index in [4.69, 9.17) is 10.7 Å². The van der Waals surface area contributed by atoms with E-state index in [0.29, 0.717) is 12.0 Å². The Morgan fingerprint density at radius 1 is 1.47 bits per heavy atom. The molecule has 2 rings (SSSR count). The van der Waals surface area contributed by atoms with Crippen LogP contribution in [0.25, 0.3) is 0 Å². The van der Waals surface area contributed by atoms with Crippen LogP contribution in [0.5, 0.6) is 0 Å². The molecule has 0 aliphatic carbocycles. The molecule has 0 radical (unpaired) electrons. The van der Waals surface area contributed by atoms with Crippen LogP contribution in [0.2, 0.25) is 0 Å². The van der Waals surface area contributed by atoms with Crippen molar-refractivity contribution in [3.63, 3.8) is 0 Å². The molecule has 0 saturated carbocycles. The van der Waals surface area contributed by atoms with Gasteiger partial charge in [-0.05, 0) is 31.7 Å². The average molecular weight is 253 g/mol. The van der Waals surface area contributed by atoms with Crippen LogP contribution in [0.4, 0.5) is 0 Å². The molecule has 1 atom stereocenters. The van der Waals surface area contributed by atoms with Crippen molar-refractivity contribution in [1.82, 2.24) is 9.88 Å². The van der Waals surface area contributed by atoms with Crippen LogP contribution in [-0.2, 0) is 6.54 Å². The molecule has 1 saturated heterocycles. The molecule has 17 heavy (non-hydrogen) atoms. The zero-order valence-corrected chi connectivity index (χ0v) is 11.7. The molecule has 2 heterocycles. The SMILES string of the molecule is CC(C)c1csc(CN2CCC[C@@H](N)CC2)n1. The normalized spacial score (nSPS) is 22.9. The second-order valence-electron chi connectivity index (χ2n) is 5.29. The lowest BCUT2D eigenvalue weighted by molar-refractivity contribution is 0.275. The molecule has 2 N–H and O–H groups in total. The Hall–Kier alpha value is -0.450. The molecule has 1 aliphatic heterocycles. The third-order valence-corrected chi connectivity index (χ3v) is 4.24. The van der Waals surface area contributed by atoms with Gasteiger partial charge in [-0.2, -0.15) is 0 Å². The summed E-state index contributed by atoms with van der Waals surface area (Å²) in [5, 5.41) is 3.45. The summed E-state index contributed by atoms with van der Waals surface area (Å²) in [6.45, 7) is 7.69. The van der Waals surface area contributed by atoms with Crippen molar-refractivity contribution in [2.75, 3.05) is 13.1 Å². The molecule has 1 fully saturated rings. The van der Waals surface area contributed by atoms with Crippen molar-refractivity contribution in [2.45, 2.75) is 51.6 Å². The largest absolute Gasteiger partial charge is 0.328 e. The van der Waals surface area contributed by atoms with Crippen LogP contribution < -0.4 is 5.73 Å². The number of nitrogens with two attached hydrogens (primary N) is 1. The van der Waals surface area contributed by atoms with Crippen LogP contribution in [0.1, 0.15) is 49.7 Å². The molecule has 96 valence electrons. The van der Waals surface area contributed by atoms with Crippen molar-refractivity contribution >= 4 is 11.3 Å². The van der Waals surface area contributed by atoms with E-state index in [0.717, 1.165) is 19.5 Å². The molecule has 1 aromatic heterocycles. The standard InChI is InChI=1S/C13H23N3S/c1-10(2)12-9-17-13(15-12)8-16-6-3-4-11(14)5-7-16/h9-11H,3-8,14H2,1-2H3/t11-/m1/s1. The monoisotopic (exact) mass is 253 g/mol. The fourth-order valence-corrected chi connectivity index (χ4v) is 3.19. The van der Waals surface area contributed by atoms with Gasteiger partial charge in [0.1, 0.15) is 5.01 Å². The van der Waals surface area contributed by atoms with Gasteiger partial charge in [-0.1, -0.05) is 13.8 Å². The minimum Gasteiger partial charge on any atom is -0.328 e. The van der Waals surface area contributed by atoms with Crippen molar-refractivity contribution in [2.24, 2.45) is 5.73 Å². The summed E-state index contributed by atoms with van der Waals surface area (Å²) in [7, 11) is 0. The minimum atomic E-state index is 0.405. The Balaban J connectivity index is 1.90. The van der Waals surface area contributed by atoms with Gasteiger partial charge in [-0.25, -0.2) is 4.98 Å². The first-order valence-electron chi connectivity index (χ1n) is 6.57. The number of hydrogen-bond acceptors (Lipinski definition) is 4.